The van der Waals surface area contributed by atoms with Crippen LogP contribution in [0.1, 0.15) is 50.4 Å². The number of hydrogen-bond acceptors (Lipinski definition) is 6. The van der Waals surface area contributed by atoms with Gasteiger partial charge in [-0.3, -0.25) is 4.79 Å². The number of ether oxygens (including phenoxy) is 2. The third-order valence-electron chi connectivity index (χ3n) is 4.99. The fourth-order valence-electron chi connectivity index (χ4n) is 3.55. The highest BCUT2D eigenvalue weighted by Crippen LogP contribution is 2.38. The number of pyridine rings is 1. The van der Waals surface area contributed by atoms with E-state index in [0.717, 1.165) is 42.5 Å². The van der Waals surface area contributed by atoms with E-state index < -0.39 is 5.97 Å². The maximum atomic E-state index is 12.9. The van der Waals surface area contributed by atoms with Gasteiger partial charge in [0.05, 0.1) is 12.7 Å². The Balaban J connectivity index is 1.58. The van der Waals surface area contributed by atoms with Crippen molar-refractivity contribution in [2.24, 2.45) is 0 Å². The van der Waals surface area contributed by atoms with Gasteiger partial charge in [0.1, 0.15) is 10.8 Å². The van der Waals surface area contributed by atoms with Gasteiger partial charge in [-0.1, -0.05) is 18.6 Å². The Morgan fingerprint density at radius 1 is 1.07 bits per heavy atom. The summed E-state index contributed by atoms with van der Waals surface area (Å²) in [6.45, 7) is 0. The van der Waals surface area contributed by atoms with E-state index >= 15 is 0 Å². The lowest BCUT2D eigenvalue weighted by Crippen LogP contribution is -2.14. The number of aryl methyl sites for hydroxylation is 1. The summed E-state index contributed by atoms with van der Waals surface area (Å²) in [6.07, 6.45) is 6.67. The smallest absolute Gasteiger partial charge is 0.341 e. The summed E-state index contributed by atoms with van der Waals surface area (Å²) >= 11 is 1.47. The third kappa shape index (κ3) is 4.36. The molecule has 0 saturated heterocycles. The molecular weight excluding hydrogens is 400 g/mol. The molecule has 0 radical (unpaired) electrons. The van der Waals surface area contributed by atoms with Gasteiger partial charge in [-0.05, 0) is 55.5 Å². The molecule has 3 aromatic rings. The minimum atomic E-state index is -0.406. The number of amides is 1. The normalized spacial score (nSPS) is 13.1. The molecule has 4 rings (SSSR count). The number of carbonyl (C=O) groups excluding carboxylic acids is 2. The molecule has 2 heterocycles. The first-order valence-electron chi connectivity index (χ1n) is 9.89. The number of nitrogens with one attached hydrogen (secondary N) is 1. The first kappa shape index (κ1) is 20.1. The monoisotopic (exact) mass is 422 g/mol. The molecule has 0 saturated carbocycles. The molecule has 6 nitrogen and oxygen atoms in total. The Hall–Kier alpha value is -3.19. The van der Waals surface area contributed by atoms with Crippen molar-refractivity contribution in [3.8, 4) is 11.6 Å². The van der Waals surface area contributed by atoms with E-state index in [-0.39, 0.29) is 5.91 Å². The summed E-state index contributed by atoms with van der Waals surface area (Å²) in [5.74, 6) is 0.251. The molecule has 154 valence electrons. The van der Waals surface area contributed by atoms with Gasteiger partial charge in [-0.25, -0.2) is 9.78 Å². The van der Waals surface area contributed by atoms with Crippen LogP contribution in [0.25, 0.3) is 0 Å². The van der Waals surface area contributed by atoms with Crippen LogP contribution in [0.2, 0.25) is 0 Å². The van der Waals surface area contributed by atoms with Crippen LogP contribution in [-0.2, 0) is 17.6 Å². The zero-order chi connectivity index (χ0) is 20.9. The molecule has 1 amide bonds. The number of esters is 1. The van der Waals surface area contributed by atoms with Crippen LogP contribution in [0.3, 0.4) is 0 Å². The summed E-state index contributed by atoms with van der Waals surface area (Å²) in [5, 5.41) is 3.47. The first-order chi connectivity index (χ1) is 14.7. The minimum absolute atomic E-state index is 0.303. The van der Waals surface area contributed by atoms with Crippen LogP contribution in [0.15, 0.2) is 48.7 Å². The summed E-state index contributed by atoms with van der Waals surface area (Å²) in [6, 6.07) is 12.2. The molecular formula is C23H22N2O4S. The van der Waals surface area contributed by atoms with Gasteiger partial charge < -0.3 is 14.8 Å². The Kier molecular flexibility index (Phi) is 6.09. The number of aromatic nitrogens is 1. The summed E-state index contributed by atoms with van der Waals surface area (Å²) in [7, 11) is 1.37. The van der Waals surface area contributed by atoms with E-state index in [1.807, 2.05) is 6.07 Å². The molecule has 0 aliphatic heterocycles. The molecule has 7 heteroatoms. The summed E-state index contributed by atoms with van der Waals surface area (Å²) < 4.78 is 10.7. The van der Waals surface area contributed by atoms with Crippen molar-refractivity contribution in [2.75, 3.05) is 12.4 Å². The third-order valence-corrected chi connectivity index (χ3v) is 6.20. The lowest BCUT2D eigenvalue weighted by atomic mass is 10.1. The van der Waals surface area contributed by atoms with Crippen LogP contribution >= 0.6 is 11.3 Å². The molecule has 1 aliphatic carbocycles. The molecule has 2 aromatic heterocycles. The van der Waals surface area contributed by atoms with Crippen LogP contribution in [0.5, 0.6) is 11.6 Å². The molecule has 30 heavy (non-hydrogen) atoms. The molecule has 0 unspecified atom stereocenters. The number of nitrogens with zero attached hydrogens (tertiary/aromatic N) is 1. The van der Waals surface area contributed by atoms with E-state index in [1.165, 1.54) is 18.4 Å². The second-order valence-electron chi connectivity index (χ2n) is 7.01. The van der Waals surface area contributed by atoms with E-state index in [9.17, 15) is 9.59 Å². The topological polar surface area (TPSA) is 77.5 Å². The quantitative estimate of drug-likeness (QED) is 0.449. The highest BCUT2D eigenvalue weighted by Gasteiger charge is 2.26. The number of anilines is 1. The van der Waals surface area contributed by atoms with Gasteiger partial charge in [0.15, 0.2) is 0 Å². The van der Waals surface area contributed by atoms with Gasteiger partial charge in [0, 0.05) is 22.7 Å². The predicted octanol–water partition coefficient (Wildman–Crippen LogP) is 5.24. The van der Waals surface area contributed by atoms with Crippen LogP contribution in [-0.4, -0.2) is 24.0 Å². The van der Waals surface area contributed by atoms with Crippen molar-refractivity contribution in [1.82, 2.24) is 4.98 Å². The van der Waals surface area contributed by atoms with Crippen molar-refractivity contribution in [3.63, 3.8) is 0 Å². The zero-order valence-corrected chi connectivity index (χ0v) is 17.5. The molecule has 0 bridgehead atoms. The van der Waals surface area contributed by atoms with E-state index in [4.69, 9.17) is 9.47 Å². The Morgan fingerprint density at radius 3 is 2.73 bits per heavy atom. The van der Waals surface area contributed by atoms with Crippen molar-refractivity contribution in [1.29, 1.82) is 0 Å². The van der Waals surface area contributed by atoms with E-state index in [1.54, 1.807) is 42.6 Å². The SMILES string of the molecule is COC(=O)c1c(NC(=O)c2cccc(Oc3ccccn3)c2)sc2c1CCCCC2. The lowest BCUT2D eigenvalue weighted by Gasteiger charge is -2.09. The Labute approximate surface area is 178 Å². The van der Waals surface area contributed by atoms with Gasteiger partial charge in [0.25, 0.3) is 5.91 Å². The summed E-state index contributed by atoms with van der Waals surface area (Å²) in [5.41, 5.74) is 1.95. The average molecular weight is 423 g/mol. The largest absolute Gasteiger partial charge is 0.465 e. The van der Waals surface area contributed by atoms with Gasteiger partial charge >= 0.3 is 5.97 Å². The van der Waals surface area contributed by atoms with Crippen LogP contribution in [0, 0.1) is 0 Å². The van der Waals surface area contributed by atoms with Gasteiger partial charge in [-0.2, -0.15) is 0 Å². The number of thiophene rings is 1. The highest BCUT2D eigenvalue weighted by atomic mass is 32.1. The van der Waals surface area contributed by atoms with Crippen molar-refractivity contribution < 1.29 is 19.1 Å². The van der Waals surface area contributed by atoms with Crippen LogP contribution < -0.4 is 10.1 Å². The minimum Gasteiger partial charge on any atom is -0.465 e. The zero-order valence-electron chi connectivity index (χ0n) is 16.6. The Morgan fingerprint density at radius 2 is 1.93 bits per heavy atom. The van der Waals surface area contributed by atoms with Gasteiger partial charge in [-0.15, -0.1) is 11.3 Å². The molecule has 0 fully saturated rings. The van der Waals surface area contributed by atoms with Crippen molar-refractivity contribution >= 4 is 28.2 Å². The Bertz CT molecular complexity index is 1060. The molecule has 0 atom stereocenters. The van der Waals surface area contributed by atoms with Gasteiger partial charge in [0.2, 0.25) is 5.88 Å². The maximum absolute atomic E-state index is 12.9. The molecule has 1 N–H and O–H groups in total. The number of hydrogen-bond donors (Lipinski definition) is 1. The number of carbonyl (C=O) groups is 2. The predicted molar refractivity (Wildman–Crippen MR) is 116 cm³/mol. The van der Waals surface area contributed by atoms with E-state index in [2.05, 4.69) is 10.3 Å². The lowest BCUT2D eigenvalue weighted by molar-refractivity contribution is 0.0601. The van der Waals surface area contributed by atoms with Crippen LogP contribution in [0.4, 0.5) is 5.00 Å². The highest BCUT2D eigenvalue weighted by molar-refractivity contribution is 7.17. The first-order valence-corrected chi connectivity index (χ1v) is 10.7. The number of methoxy groups -OCH3 is 1. The number of rotatable bonds is 5. The second kappa shape index (κ2) is 9.09. The van der Waals surface area contributed by atoms with Crippen molar-refractivity contribution in [2.45, 2.75) is 32.1 Å². The second-order valence-corrected chi connectivity index (χ2v) is 8.12. The average Bonchev–Trinajstić information content (AvgIpc) is 2.94. The summed E-state index contributed by atoms with van der Waals surface area (Å²) in [4.78, 5) is 30.7. The molecule has 1 aromatic carbocycles. The standard InChI is InChI=1S/C23H22N2O4S/c1-28-23(27)20-17-10-3-2-4-11-18(17)30-22(20)25-21(26)15-8-7-9-16(14-15)29-19-12-5-6-13-24-19/h5-9,12-14H,2-4,10-11H2,1H3,(H,25,26). The molecule has 0 spiro atoms. The van der Waals surface area contributed by atoms with Crippen molar-refractivity contribution in [3.05, 3.63) is 70.2 Å². The fourth-order valence-corrected chi connectivity index (χ4v) is 4.83. The molecule has 1 aliphatic rings. The van der Waals surface area contributed by atoms with E-state index in [0.29, 0.717) is 27.8 Å². The maximum Gasteiger partial charge on any atom is 0.341 e. The number of fused-ring (bicyclic) bond motifs is 1. The fraction of sp³-hybridized carbons (Fsp3) is 0.261. The number of benzene rings is 1.